The van der Waals surface area contributed by atoms with Gasteiger partial charge in [0.15, 0.2) is 17.2 Å². The summed E-state index contributed by atoms with van der Waals surface area (Å²) in [4.78, 5) is 14.7. The van der Waals surface area contributed by atoms with E-state index in [1.54, 1.807) is 18.7 Å². The Kier molecular flexibility index (Phi) is 4.32. The molecule has 0 bridgehead atoms. The van der Waals surface area contributed by atoms with E-state index < -0.39 is 0 Å². The fourth-order valence-electron chi connectivity index (χ4n) is 3.28. The Morgan fingerprint density at radius 2 is 1.85 bits per heavy atom. The number of ether oxygens (including phenoxy) is 2. The van der Waals surface area contributed by atoms with E-state index in [9.17, 15) is 4.79 Å². The van der Waals surface area contributed by atoms with Gasteiger partial charge in [-0.3, -0.25) is 4.79 Å². The Hall–Kier alpha value is -2.54. The molecule has 6 nitrogen and oxygen atoms in total. The summed E-state index contributed by atoms with van der Waals surface area (Å²) < 4.78 is 13.4. The average Bonchev–Trinajstić information content (AvgIpc) is 3.08. The molecule has 0 spiro atoms. The molecule has 0 fully saturated rings. The first-order valence-electron chi connectivity index (χ1n) is 8.27. The standard InChI is InChI=1S/C19H18BrN3O3/c1-25-17-7-12-5-6-22(10-13(12)8-18(17)26-2)19(24)16-9-15-4-3-14(20)11-23(15)21-16/h3-4,7-9,11H,5-6,10H2,1-2H3. The molecule has 26 heavy (non-hydrogen) atoms. The van der Waals surface area contributed by atoms with Crippen LogP contribution in [-0.2, 0) is 13.0 Å². The summed E-state index contributed by atoms with van der Waals surface area (Å²) >= 11 is 3.42. The highest BCUT2D eigenvalue weighted by Gasteiger charge is 2.25. The van der Waals surface area contributed by atoms with Gasteiger partial charge in [-0.1, -0.05) is 0 Å². The average molecular weight is 416 g/mol. The molecule has 134 valence electrons. The number of aromatic nitrogens is 2. The monoisotopic (exact) mass is 415 g/mol. The van der Waals surface area contributed by atoms with Gasteiger partial charge in [0, 0.05) is 23.8 Å². The van der Waals surface area contributed by atoms with Gasteiger partial charge in [0.25, 0.3) is 5.91 Å². The van der Waals surface area contributed by atoms with Crippen molar-refractivity contribution >= 4 is 27.4 Å². The second-order valence-electron chi connectivity index (χ2n) is 6.20. The van der Waals surface area contributed by atoms with E-state index in [2.05, 4.69) is 21.0 Å². The van der Waals surface area contributed by atoms with E-state index >= 15 is 0 Å². The van der Waals surface area contributed by atoms with Crippen LogP contribution < -0.4 is 9.47 Å². The SMILES string of the molecule is COc1cc2c(cc1OC)CN(C(=O)c1cc3ccc(Br)cn3n1)CC2. The molecule has 0 aliphatic carbocycles. The zero-order chi connectivity index (χ0) is 18.3. The molecule has 0 N–H and O–H groups in total. The van der Waals surface area contributed by atoms with Gasteiger partial charge in [-0.05, 0) is 63.8 Å². The largest absolute Gasteiger partial charge is 0.493 e. The maximum absolute atomic E-state index is 12.9. The lowest BCUT2D eigenvalue weighted by molar-refractivity contribution is 0.0728. The number of rotatable bonds is 3. The van der Waals surface area contributed by atoms with Crippen LogP contribution in [0.15, 0.2) is 41.0 Å². The van der Waals surface area contributed by atoms with Gasteiger partial charge in [0.2, 0.25) is 0 Å². The van der Waals surface area contributed by atoms with Crippen LogP contribution in [0.5, 0.6) is 11.5 Å². The van der Waals surface area contributed by atoms with Crippen molar-refractivity contribution in [3.63, 3.8) is 0 Å². The maximum atomic E-state index is 12.9. The second kappa shape index (κ2) is 6.64. The molecule has 2 aromatic heterocycles. The molecule has 0 radical (unpaired) electrons. The lowest BCUT2D eigenvalue weighted by Crippen LogP contribution is -2.36. The highest BCUT2D eigenvalue weighted by Crippen LogP contribution is 2.33. The number of carbonyl (C=O) groups excluding carboxylic acids is 1. The summed E-state index contributed by atoms with van der Waals surface area (Å²) in [5, 5.41) is 4.42. The second-order valence-corrected chi connectivity index (χ2v) is 7.11. The van der Waals surface area contributed by atoms with Gasteiger partial charge >= 0.3 is 0 Å². The summed E-state index contributed by atoms with van der Waals surface area (Å²) in [6.07, 6.45) is 2.62. The van der Waals surface area contributed by atoms with Crippen molar-refractivity contribution < 1.29 is 14.3 Å². The van der Waals surface area contributed by atoms with Crippen LogP contribution in [0.2, 0.25) is 0 Å². The predicted molar refractivity (Wildman–Crippen MR) is 101 cm³/mol. The molecule has 0 unspecified atom stereocenters. The Labute approximate surface area is 159 Å². The highest BCUT2D eigenvalue weighted by atomic mass is 79.9. The zero-order valence-corrected chi connectivity index (χ0v) is 16.1. The fraction of sp³-hybridized carbons (Fsp3) is 0.263. The number of pyridine rings is 1. The molecule has 1 aliphatic heterocycles. The van der Waals surface area contributed by atoms with Crippen LogP contribution in [0, 0.1) is 0 Å². The van der Waals surface area contributed by atoms with Gasteiger partial charge in [-0.2, -0.15) is 5.10 Å². The molecule has 3 heterocycles. The number of fused-ring (bicyclic) bond motifs is 2. The number of methoxy groups -OCH3 is 2. The third kappa shape index (κ3) is 2.92. The van der Waals surface area contributed by atoms with Crippen molar-refractivity contribution in [3.8, 4) is 11.5 Å². The van der Waals surface area contributed by atoms with Crippen molar-refractivity contribution in [2.75, 3.05) is 20.8 Å². The lowest BCUT2D eigenvalue weighted by atomic mass is 9.98. The van der Waals surface area contributed by atoms with Crippen molar-refractivity contribution in [2.45, 2.75) is 13.0 Å². The topological polar surface area (TPSA) is 56.1 Å². The summed E-state index contributed by atoms with van der Waals surface area (Å²) in [6.45, 7) is 1.19. The van der Waals surface area contributed by atoms with E-state index in [0.717, 1.165) is 27.7 Å². The minimum absolute atomic E-state index is 0.0646. The van der Waals surface area contributed by atoms with Gasteiger partial charge in [0.1, 0.15) is 0 Å². The van der Waals surface area contributed by atoms with Crippen LogP contribution in [-0.4, -0.2) is 41.2 Å². The van der Waals surface area contributed by atoms with Crippen molar-refractivity contribution in [1.82, 2.24) is 14.5 Å². The van der Waals surface area contributed by atoms with Crippen molar-refractivity contribution in [2.24, 2.45) is 0 Å². The Balaban J connectivity index is 1.62. The van der Waals surface area contributed by atoms with Gasteiger partial charge < -0.3 is 14.4 Å². The van der Waals surface area contributed by atoms with Crippen LogP contribution in [0.4, 0.5) is 0 Å². The third-order valence-electron chi connectivity index (χ3n) is 4.65. The number of benzene rings is 1. The molecule has 1 aliphatic rings. The maximum Gasteiger partial charge on any atom is 0.274 e. The van der Waals surface area contributed by atoms with Crippen LogP contribution in [0.1, 0.15) is 21.6 Å². The fourth-order valence-corrected chi connectivity index (χ4v) is 3.61. The summed E-state index contributed by atoms with van der Waals surface area (Å²) in [5.41, 5.74) is 3.60. The number of nitrogens with zero attached hydrogens (tertiary/aromatic N) is 3. The molecule has 1 aromatic carbocycles. The van der Waals surface area contributed by atoms with Crippen LogP contribution in [0.25, 0.3) is 5.52 Å². The van der Waals surface area contributed by atoms with Crippen LogP contribution >= 0.6 is 15.9 Å². The molecule has 0 saturated heterocycles. The molecular weight excluding hydrogens is 398 g/mol. The first-order valence-corrected chi connectivity index (χ1v) is 9.06. The summed E-state index contributed by atoms with van der Waals surface area (Å²) in [5.74, 6) is 1.33. The van der Waals surface area contributed by atoms with Gasteiger partial charge in [-0.15, -0.1) is 0 Å². The smallest absolute Gasteiger partial charge is 0.274 e. The van der Waals surface area contributed by atoms with Gasteiger partial charge in [-0.25, -0.2) is 4.52 Å². The normalized spacial score (nSPS) is 13.6. The Morgan fingerprint density at radius 1 is 1.12 bits per heavy atom. The number of hydrogen-bond donors (Lipinski definition) is 0. The molecule has 0 atom stereocenters. The molecule has 4 rings (SSSR count). The number of hydrogen-bond acceptors (Lipinski definition) is 4. The highest BCUT2D eigenvalue weighted by molar-refractivity contribution is 9.10. The van der Waals surface area contributed by atoms with E-state index in [-0.39, 0.29) is 5.91 Å². The lowest BCUT2D eigenvalue weighted by Gasteiger charge is -2.29. The quantitative estimate of drug-likeness (QED) is 0.658. The van der Waals surface area contributed by atoms with Gasteiger partial charge in [0.05, 0.1) is 19.7 Å². The predicted octanol–water partition coefficient (Wildman–Crippen LogP) is 3.31. The Morgan fingerprint density at radius 3 is 2.58 bits per heavy atom. The molecule has 0 saturated carbocycles. The minimum atomic E-state index is -0.0646. The van der Waals surface area contributed by atoms with E-state index in [1.807, 2.05) is 41.4 Å². The summed E-state index contributed by atoms with van der Waals surface area (Å²) in [6, 6.07) is 9.63. The van der Waals surface area contributed by atoms with Crippen molar-refractivity contribution in [3.05, 3.63) is 57.8 Å². The van der Waals surface area contributed by atoms with E-state index in [0.29, 0.717) is 24.5 Å². The minimum Gasteiger partial charge on any atom is -0.493 e. The van der Waals surface area contributed by atoms with E-state index in [1.165, 1.54) is 5.56 Å². The summed E-state index contributed by atoms with van der Waals surface area (Å²) in [7, 11) is 3.25. The number of amides is 1. The van der Waals surface area contributed by atoms with E-state index in [4.69, 9.17) is 9.47 Å². The first-order chi connectivity index (χ1) is 12.6. The molecular formula is C19H18BrN3O3. The number of halogens is 1. The number of carbonyl (C=O) groups is 1. The zero-order valence-electron chi connectivity index (χ0n) is 14.5. The third-order valence-corrected chi connectivity index (χ3v) is 5.12. The molecule has 1 amide bonds. The van der Waals surface area contributed by atoms with Crippen molar-refractivity contribution in [1.29, 1.82) is 0 Å². The van der Waals surface area contributed by atoms with Crippen LogP contribution in [0.3, 0.4) is 0 Å². The first kappa shape index (κ1) is 16.9. The Bertz CT molecular complexity index is 999. The molecule has 3 aromatic rings. The molecule has 7 heteroatoms.